The molecule has 4 N–H and O–H groups in total. The zero-order valence-electron chi connectivity index (χ0n) is 16.5. The van der Waals surface area contributed by atoms with Crippen molar-refractivity contribution in [2.24, 2.45) is 16.6 Å². The van der Waals surface area contributed by atoms with Crippen molar-refractivity contribution in [1.82, 2.24) is 15.5 Å². The van der Waals surface area contributed by atoms with Crippen molar-refractivity contribution >= 4 is 23.2 Å². The number of hydrogen-bond donors (Lipinski definition) is 3. The molecule has 2 aromatic heterocycles. The van der Waals surface area contributed by atoms with Crippen LogP contribution in [0, 0.1) is 5.92 Å². The van der Waals surface area contributed by atoms with E-state index in [0.717, 1.165) is 25.6 Å². The van der Waals surface area contributed by atoms with Gasteiger partial charge in [-0.25, -0.2) is 4.99 Å². The predicted molar refractivity (Wildman–Crippen MR) is 112 cm³/mol. The average Bonchev–Trinajstić information content (AvgIpc) is 3.36. The van der Waals surface area contributed by atoms with Gasteiger partial charge in [-0.2, -0.15) is 0 Å². The highest BCUT2D eigenvalue weighted by Gasteiger charge is 2.31. The molecule has 0 bridgehead atoms. The first-order valence-corrected chi connectivity index (χ1v) is 10.6. The van der Waals surface area contributed by atoms with Gasteiger partial charge in [-0.05, 0) is 62.9 Å². The fourth-order valence-corrected chi connectivity index (χ4v) is 4.69. The quantitative estimate of drug-likeness (QED) is 0.488. The largest absolute Gasteiger partial charge is 0.454 e. The van der Waals surface area contributed by atoms with Gasteiger partial charge in [-0.3, -0.25) is 9.69 Å². The van der Waals surface area contributed by atoms with Gasteiger partial charge < -0.3 is 20.8 Å². The molecule has 1 amide bonds. The minimum Gasteiger partial charge on any atom is -0.454 e. The summed E-state index contributed by atoms with van der Waals surface area (Å²) in [6.07, 6.45) is 2.40. The maximum Gasteiger partial charge on any atom is 0.284 e. The molecule has 2 aromatic rings. The van der Waals surface area contributed by atoms with Crippen LogP contribution < -0.4 is 16.4 Å². The Bertz CT molecular complexity index is 786. The van der Waals surface area contributed by atoms with Crippen LogP contribution in [0.4, 0.5) is 0 Å². The Morgan fingerprint density at radius 1 is 1.39 bits per heavy atom. The van der Waals surface area contributed by atoms with Crippen molar-refractivity contribution in [3.05, 3.63) is 46.0 Å². The Morgan fingerprint density at radius 2 is 2.25 bits per heavy atom. The maximum atomic E-state index is 11.2. The summed E-state index contributed by atoms with van der Waals surface area (Å²) in [7, 11) is 2.21. The number of furan rings is 1. The molecule has 0 radical (unpaired) electrons. The van der Waals surface area contributed by atoms with Crippen molar-refractivity contribution in [3.63, 3.8) is 0 Å². The molecule has 2 unspecified atom stereocenters. The highest BCUT2D eigenvalue weighted by molar-refractivity contribution is 7.10. The SMILES string of the molecule is CCNC(=NCc1ccc(C(N)=O)o1)NCC1CCCN(C)C1c1cccs1. The zero-order chi connectivity index (χ0) is 19.9. The molecule has 1 saturated heterocycles. The number of guanidine groups is 1. The normalized spacial score (nSPS) is 20.9. The molecule has 3 heterocycles. The number of hydrogen-bond acceptors (Lipinski definition) is 5. The number of primary amides is 1. The van der Waals surface area contributed by atoms with Crippen LogP contribution in [0.2, 0.25) is 0 Å². The van der Waals surface area contributed by atoms with E-state index in [9.17, 15) is 4.79 Å². The van der Waals surface area contributed by atoms with E-state index in [2.05, 4.69) is 45.1 Å². The first kappa shape index (κ1) is 20.4. The third-order valence-electron chi connectivity index (χ3n) is 5.02. The van der Waals surface area contributed by atoms with Crippen molar-refractivity contribution in [3.8, 4) is 0 Å². The second-order valence-corrected chi connectivity index (χ2v) is 8.03. The summed E-state index contributed by atoms with van der Waals surface area (Å²) in [5.74, 6) is 1.47. The third kappa shape index (κ3) is 5.14. The Kier molecular flexibility index (Phi) is 7.11. The maximum absolute atomic E-state index is 11.2. The first-order chi connectivity index (χ1) is 13.6. The molecule has 8 heteroatoms. The number of amides is 1. The Labute approximate surface area is 170 Å². The number of nitrogens with one attached hydrogen (secondary N) is 2. The molecule has 1 aliphatic rings. The van der Waals surface area contributed by atoms with Crippen LogP contribution in [0.15, 0.2) is 39.1 Å². The fraction of sp³-hybridized carbons (Fsp3) is 0.500. The summed E-state index contributed by atoms with van der Waals surface area (Å²) in [5.41, 5.74) is 5.23. The molecular weight excluding hydrogens is 374 g/mol. The lowest BCUT2D eigenvalue weighted by Crippen LogP contribution is -2.44. The van der Waals surface area contributed by atoms with E-state index in [-0.39, 0.29) is 5.76 Å². The lowest BCUT2D eigenvalue weighted by Gasteiger charge is -2.39. The number of thiophene rings is 1. The van der Waals surface area contributed by atoms with E-state index in [4.69, 9.17) is 10.2 Å². The molecule has 28 heavy (non-hydrogen) atoms. The summed E-state index contributed by atoms with van der Waals surface area (Å²) in [6.45, 7) is 5.15. The molecule has 0 spiro atoms. The van der Waals surface area contributed by atoms with Gasteiger partial charge in [0, 0.05) is 24.0 Å². The van der Waals surface area contributed by atoms with Gasteiger partial charge in [0.05, 0.1) is 0 Å². The minimum absolute atomic E-state index is 0.159. The lowest BCUT2D eigenvalue weighted by atomic mass is 9.88. The van der Waals surface area contributed by atoms with Crippen LogP contribution in [0.3, 0.4) is 0 Å². The van der Waals surface area contributed by atoms with Crippen LogP contribution in [0.25, 0.3) is 0 Å². The standard InChI is InChI=1S/C20H29N5O2S/c1-3-22-20(24-13-15-8-9-16(27-15)19(21)26)23-12-14-6-4-10-25(2)18(14)17-7-5-11-28-17/h5,7-9,11,14,18H,3-4,6,10,12-13H2,1-2H3,(H2,21,26)(H2,22,23,24). The van der Waals surface area contributed by atoms with Crippen molar-refractivity contribution in [2.45, 2.75) is 32.4 Å². The van der Waals surface area contributed by atoms with Gasteiger partial charge in [-0.15, -0.1) is 11.3 Å². The lowest BCUT2D eigenvalue weighted by molar-refractivity contribution is 0.0972. The predicted octanol–water partition coefficient (Wildman–Crippen LogP) is 2.58. The molecule has 7 nitrogen and oxygen atoms in total. The van der Waals surface area contributed by atoms with Crippen molar-refractivity contribution in [2.75, 3.05) is 26.7 Å². The average molecular weight is 404 g/mol. The Hall–Kier alpha value is -2.32. The van der Waals surface area contributed by atoms with Gasteiger partial charge in [0.15, 0.2) is 11.7 Å². The summed E-state index contributed by atoms with van der Waals surface area (Å²) >= 11 is 1.83. The number of nitrogens with zero attached hydrogens (tertiary/aromatic N) is 2. The summed E-state index contributed by atoms with van der Waals surface area (Å²) in [6, 6.07) is 8.11. The second kappa shape index (κ2) is 9.75. The monoisotopic (exact) mass is 403 g/mol. The van der Waals surface area contributed by atoms with Crippen molar-refractivity contribution in [1.29, 1.82) is 0 Å². The topological polar surface area (TPSA) is 95.9 Å². The molecule has 1 aliphatic heterocycles. The Balaban J connectivity index is 1.63. The smallest absolute Gasteiger partial charge is 0.284 e. The molecule has 0 saturated carbocycles. The number of carbonyl (C=O) groups is 1. The van der Waals surface area contributed by atoms with Gasteiger partial charge in [0.1, 0.15) is 12.3 Å². The molecular formula is C20H29N5O2S. The van der Waals surface area contributed by atoms with E-state index in [1.807, 2.05) is 18.3 Å². The number of carbonyl (C=O) groups excluding carboxylic acids is 1. The van der Waals surface area contributed by atoms with Crippen molar-refractivity contribution < 1.29 is 9.21 Å². The van der Waals surface area contributed by atoms with E-state index < -0.39 is 5.91 Å². The molecule has 2 atom stereocenters. The molecule has 152 valence electrons. The van der Waals surface area contributed by atoms with Gasteiger partial charge in [-0.1, -0.05) is 6.07 Å². The first-order valence-electron chi connectivity index (χ1n) is 9.72. The third-order valence-corrected chi connectivity index (χ3v) is 5.96. The Morgan fingerprint density at radius 3 is 2.93 bits per heavy atom. The van der Waals surface area contributed by atoms with Crippen LogP contribution in [-0.2, 0) is 6.54 Å². The molecule has 0 aliphatic carbocycles. The highest BCUT2D eigenvalue weighted by atomic mass is 32.1. The minimum atomic E-state index is -0.568. The fourth-order valence-electron chi connectivity index (χ4n) is 3.70. The van der Waals surface area contributed by atoms with Crippen LogP contribution >= 0.6 is 11.3 Å². The second-order valence-electron chi connectivity index (χ2n) is 7.05. The summed E-state index contributed by atoms with van der Waals surface area (Å²) in [5, 5.41) is 8.91. The number of aliphatic imine (C=N–C) groups is 1. The summed E-state index contributed by atoms with van der Waals surface area (Å²) < 4.78 is 5.41. The molecule has 3 rings (SSSR count). The molecule has 1 fully saturated rings. The van der Waals surface area contributed by atoms with Gasteiger partial charge in [0.25, 0.3) is 5.91 Å². The summed E-state index contributed by atoms with van der Waals surface area (Å²) in [4.78, 5) is 19.6. The van der Waals surface area contributed by atoms with E-state index in [1.54, 1.807) is 12.1 Å². The van der Waals surface area contributed by atoms with Gasteiger partial charge >= 0.3 is 0 Å². The van der Waals surface area contributed by atoms with Crippen LogP contribution in [-0.4, -0.2) is 43.4 Å². The molecule has 0 aromatic carbocycles. The number of likely N-dealkylation sites (tertiary alicyclic amines) is 1. The number of rotatable bonds is 7. The van der Waals surface area contributed by atoms with Gasteiger partial charge in [0.2, 0.25) is 0 Å². The highest BCUT2D eigenvalue weighted by Crippen LogP contribution is 2.36. The number of piperidine rings is 1. The zero-order valence-corrected chi connectivity index (χ0v) is 17.3. The van der Waals surface area contributed by atoms with E-state index in [1.165, 1.54) is 17.7 Å². The van der Waals surface area contributed by atoms with Crippen LogP contribution in [0.5, 0.6) is 0 Å². The van der Waals surface area contributed by atoms with E-state index in [0.29, 0.717) is 24.3 Å². The number of nitrogens with two attached hydrogens (primary N) is 1. The van der Waals surface area contributed by atoms with E-state index >= 15 is 0 Å². The van der Waals surface area contributed by atoms with Crippen LogP contribution in [0.1, 0.15) is 47.0 Å².